The Labute approximate surface area is 118 Å². The van der Waals surface area contributed by atoms with Gasteiger partial charge in [-0.2, -0.15) is 10.1 Å². The lowest BCUT2D eigenvalue weighted by Gasteiger charge is -2.09. The maximum absolute atomic E-state index is 11.9. The van der Waals surface area contributed by atoms with Crippen LogP contribution in [0.1, 0.15) is 19.2 Å². The minimum absolute atomic E-state index is 0.133. The number of halogens is 1. The summed E-state index contributed by atoms with van der Waals surface area (Å²) in [4.78, 5) is 15.9. The molecule has 0 spiro atoms. The van der Waals surface area contributed by atoms with Gasteiger partial charge >= 0.3 is 0 Å². The number of nitrogens with one attached hydrogen (secondary N) is 1. The first-order valence-corrected chi connectivity index (χ1v) is 6.76. The Balaban J connectivity index is 2.01. The molecule has 0 aliphatic heterocycles. The van der Waals surface area contributed by atoms with E-state index < -0.39 is 0 Å². The Kier molecular flexibility index (Phi) is 4.67. The molecule has 0 unspecified atom stereocenters. The molecule has 0 radical (unpaired) electrons. The molecule has 2 heterocycles. The Morgan fingerprint density at radius 1 is 1.53 bits per heavy atom. The van der Waals surface area contributed by atoms with E-state index in [4.69, 9.17) is 0 Å². The van der Waals surface area contributed by atoms with Gasteiger partial charge in [0.1, 0.15) is 4.47 Å². The number of hydrogen-bond donors (Lipinski definition) is 1. The van der Waals surface area contributed by atoms with Gasteiger partial charge in [-0.15, -0.1) is 0 Å². The molecule has 8 heteroatoms. The fraction of sp³-hybridized carbons (Fsp3) is 0.455. The molecule has 0 aliphatic rings. The standard InChI is InChI=1S/C11H14BrN5O2/c1-2-5-17-11(18)10(12)8(6-15-17)13-4-3-9-14-7-19-16-9/h6-7,13H,2-5H2,1H3. The van der Waals surface area contributed by atoms with Gasteiger partial charge in [-0.3, -0.25) is 4.79 Å². The monoisotopic (exact) mass is 327 g/mol. The van der Waals surface area contributed by atoms with Gasteiger partial charge < -0.3 is 9.84 Å². The van der Waals surface area contributed by atoms with E-state index in [2.05, 4.69) is 41.0 Å². The lowest BCUT2D eigenvalue weighted by molar-refractivity contribution is 0.410. The second-order valence-electron chi connectivity index (χ2n) is 3.92. The molecule has 1 N–H and O–H groups in total. The van der Waals surface area contributed by atoms with Crippen molar-refractivity contribution in [1.29, 1.82) is 0 Å². The third-order valence-corrected chi connectivity index (χ3v) is 3.26. The van der Waals surface area contributed by atoms with Crippen molar-refractivity contribution >= 4 is 21.6 Å². The van der Waals surface area contributed by atoms with Gasteiger partial charge in [0.25, 0.3) is 5.56 Å². The molecule has 2 rings (SSSR count). The van der Waals surface area contributed by atoms with E-state index in [1.807, 2.05) is 6.92 Å². The molecule has 0 fully saturated rings. The molecule has 0 bridgehead atoms. The summed E-state index contributed by atoms with van der Waals surface area (Å²) in [5, 5.41) is 10.9. The van der Waals surface area contributed by atoms with E-state index >= 15 is 0 Å². The van der Waals surface area contributed by atoms with Crippen molar-refractivity contribution in [1.82, 2.24) is 19.9 Å². The molecule has 102 valence electrons. The minimum atomic E-state index is -0.133. The second kappa shape index (κ2) is 6.46. The van der Waals surface area contributed by atoms with E-state index in [9.17, 15) is 4.79 Å². The summed E-state index contributed by atoms with van der Waals surface area (Å²) in [6, 6.07) is 0. The summed E-state index contributed by atoms with van der Waals surface area (Å²) < 4.78 is 6.57. The summed E-state index contributed by atoms with van der Waals surface area (Å²) in [7, 11) is 0. The van der Waals surface area contributed by atoms with Crippen LogP contribution in [0.5, 0.6) is 0 Å². The molecule has 0 amide bonds. The summed E-state index contributed by atoms with van der Waals surface area (Å²) in [5.41, 5.74) is 0.534. The third-order valence-electron chi connectivity index (χ3n) is 2.49. The van der Waals surface area contributed by atoms with Crippen LogP contribution < -0.4 is 10.9 Å². The predicted octanol–water partition coefficient (Wildman–Crippen LogP) is 1.45. The molecule has 0 atom stereocenters. The largest absolute Gasteiger partial charge is 0.382 e. The minimum Gasteiger partial charge on any atom is -0.382 e. The molecule has 19 heavy (non-hydrogen) atoms. The lowest BCUT2D eigenvalue weighted by atomic mass is 10.3. The fourth-order valence-corrected chi connectivity index (χ4v) is 2.02. The first-order valence-electron chi connectivity index (χ1n) is 5.97. The van der Waals surface area contributed by atoms with Crippen molar-refractivity contribution in [2.24, 2.45) is 0 Å². The van der Waals surface area contributed by atoms with Crippen molar-refractivity contribution < 1.29 is 4.52 Å². The van der Waals surface area contributed by atoms with Crippen LogP contribution in [-0.2, 0) is 13.0 Å². The smallest absolute Gasteiger partial charge is 0.283 e. The van der Waals surface area contributed by atoms with Crippen molar-refractivity contribution in [3.05, 3.63) is 33.2 Å². The molecule has 2 aromatic heterocycles. The number of aryl methyl sites for hydroxylation is 1. The van der Waals surface area contributed by atoms with Gasteiger partial charge in [0, 0.05) is 19.5 Å². The van der Waals surface area contributed by atoms with Gasteiger partial charge in [0.2, 0.25) is 6.39 Å². The zero-order valence-electron chi connectivity index (χ0n) is 10.5. The molecule has 2 aromatic rings. The number of nitrogens with zero attached hydrogens (tertiary/aromatic N) is 4. The molecular weight excluding hydrogens is 314 g/mol. The quantitative estimate of drug-likeness (QED) is 0.864. The topological polar surface area (TPSA) is 85.8 Å². The first-order chi connectivity index (χ1) is 9.22. The molecule has 7 nitrogen and oxygen atoms in total. The van der Waals surface area contributed by atoms with Crippen LogP contribution in [0, 0.1) is 0 Å². The van der Waals surface area contributed by atoms with E-state index in [0.29, 0.717) is 35.5 Å². The molecular formula is C11H14BrN5O2. The highest BCUT2D eigenvalue weighted by Crippen LogP contribution is 2.15. The molecule has 0 saturated carbocycles. The van der Waals surface area contributed by atoms with Crippen LogP contribution in [0.2, 0.25) is 0 Å². The number of aromatic nitrogens is 4. The predicted molar refractivity (Wildman–Crippen MR) is 73.0 cm³/mol. The van der Waals surface area contributed by atoms with Crippen LogP contribution in [0.4, 0.5) is 5.69 Å². The Hall–Kier alpha value is -1.70. The zero-order valence-corrected chi connectivity index (χ0v) is 12.1. The maximum atomic E-state index is 11.9. The van der Waals surface area contributed by atoms with E-state index in [0.717, 1.165) is 6.42 Å². The molecule has 0 aromatic carbocycles. The number of anilines is 1. The average molecular weight is 328 g/mol. The fourth-order valence-electron chi connectivity index (χ4n) is 1.57. The van der Waals surface area contributed by atoms with Crippen LogP contribution >= 0.6 is 15.9 Å². The van der Waals surface area contributed by atoms with Crippen molar-refractivity contribution in [3.63, 3.8) is 0 Å². The van der Waals surface area contributed by atoms with Crippen LogP contribution in [0.15, 0.2) is 26.4 Å². The Morgan fingerprint density at radius 2 is 2.37 bits per heavy atom. The van der Waals surface area contributed by atoms with Gasteiger partial charge in [0.15, 0.2) is 5.82 Å². The SMILES string of the molecule is CCCn1ncc(NCCc2ncon2)c(Br)c1=O. The van der Waals surface area contributed by atoms with Gasteiger partial charge in [0.05, 0.1) is 11.9 Å². The van der Waals surface area contributed by atoms with Crippen molar-refractivity contribution in [2.45, 2.75) is 26.3 Å². The number of hydrogen-bond acceptors (Lipinski definition) is 6. The Morgan fingerprint density at radius 3 is 3.05 bits per heavy atom. The van der Waals surface area contributed by atoms with E-state index in [1.54, 1.807) is 6.20 Å². The van der Waals surface area contributed by atoms with Crippen LogP contribution in [0.25, 0.3) is 0 Å². The highest BCUT2D eigenvalue weighted by atomic mass is 79.9. The van der Waals surface area contributed by atoms with E-state index in [-0.39, 0.29) is 5.56 Å². The van der Waals surface area contributed by atoms with Gasteiger partial charge in [-0.25, -0.2) is 4.68 Å². The van der Waals surface area contributed by atoms with Crippen LogP contribution in [-0.4, -0.2) is 26.5 Å². The second-order valence-corrected chi connectivity index (χ2v) is 4.72. The summed E-state index contributed by atoms with van der Waals surface area (Å²) in [6.45, 7) is 3.21. The summed E-state index contributed by atoms with van der Waals surface area (Å²) in [6.07, 6.45) is 4.40. The molecule has 0 saturated heterocycles. The Bertz CT molecular complexity index is 581. The summed E-state index contributed by atoms with van der Waals surface area (Å²) >= 11 is 3.29. The first kappa shape index (κ1) is 13.7. The van der Waals surface area contributed by atoms with Crippen molar-refractivity contribution in [2.75, 3.05) is 11.9 Å². The van der Waals surface area contributed by atoms with Crippen molar-refractivity contribution in [3.8, 4) is 0 Å². The highest BCUT2D eigenvalue weighted by Gasteiger charge is 2.08. The highest BCUT2D eigenvalue weighted by molar-refractivity contribution is 9.10. The molecule has 0 aliphatic carbocycles. The average Bonchev–Trinajstić information content (AvgIpc) is 2.91. The van der Waals surface area contributed by atoms with E-state index in [1.165, 1.54) is 11.1 Å². The van der Waals surface area contributed by atoms with Gasteiger partial charge in [-0.1, -0.05) is 12.1 Å². The maximum Gasteiger partial charge on any atom is 0.283 e. The normalized spacial score (nSPS) is 10.6. The van der Waals surface area contributed by atoms with Crippen LogP contribution in [0.3, 0.4) is 0 Å². The summed E-state index contributed by atoms with van der Waals surface area (Å²) in [5.74, 6) is 0.621. The van der Waals surface area contributed by atoms with Gasteiger partial charge in [-0.05, 0) is 22.4 Å². The zero-order chi connectivity index (χ0) is 13.7. The lowest BCUT2D eigenvalue weighted by Crippen LogP contribution is -2.24. The third kappa shape index (κ3) is 3.40. The number of rotatable bonds is 6.